The number of amides is 1. The molecule has 0 spiro atoms. The third-order valence-electron chi connectivity index (χ3n) is 4.61. The molecule has 0 aliphatic rings. The van der Waals surface area contributed by atoms with Crippen LogP contribution in [0.3, 0.4) is 0 Å². The summed E-state index contributed by atoms with van der Waals surface area (Å²) in [5.41, 5.74) is 1.90. The van der Waals surface area contributed by atoms with Crippen LogP contribution in [0.5, 0.6) is 0 Å². The summed E-state index contributed by atoms with van der Waals surface area (Å²) in [5, 5.41) is 3.05. The van der Waals surface area contributed by atoms with E-state index in [-0.39, 0.29) is 16.4 Å². The molecule has 0 aliphatic carbocycles. The number of anilines is 2. The Morgan fingerprint density at radius 1 is 0.968 bits per heavy atom. The van der Waals surface area contributed by atoms with Crippen molar-refractivity contribution in [3.05, 3.63) is 88.9 Å². The molecule has 0 unspecified atom stereocenters. The molecule has 160 valence electrons. The van der Waals surface area contributed by atoms with Crippen LogP contribution in [0.4, 0.5) is 11.4 Å². The predicted molar refractivity (Wildman–Crippen MR) is 122 cm³/mol. The molecule has 0 radical (unpaired) electrons. The molecule has 0 saturated carbocycles. The Morgan fingerprint density at radius 3 is 2.32 bits per heavy atom. The number of nitrogens with one attached hydrogen (secondary N) is 1. The van der Waals surface area contributed by atoms with Gasteiger partial charge in [-0.25, -0.2) is 8.42 Å². The number of aryl methyl sites for hydroxylation is 1. The first-order valence-corrected chi connectivity index (χ1v) is 11.2. The molecule has 0 atom stereocenters. The molecule has 3 rings (SSSR count). The van der Waals surface area contributed by atoms with E-state index in [4.69, 9.17) is 11.6 Å². The number of halogens is 1. The van der Waals surface area contributed by atoms with E-state index in [2.05, 4.69) is 5.32 Å². The van der Waals surface area contributed by atoms with Crippen molar-refractivity contribution in [3.63, 3.8) is 0 Å². The fourth-order valence-electron chi connectivity index (χ4n) is 2.92. The van der Waals surface area contributed by atoms with Gasteiger partial charge in [-0.2, -0.15) is 0 Å². The zero-order valence-electron chi connectivity index (χ0n) is 17.0. The summed E-state index contributed by atoms with van der Waals surface area (Å²) in [7, 11) is -4.03. The fraction of sp³-hybridized carbons (Fsp3) is 0.130. The smallest absolute Gasteiger partial charge is 0.264 e. The second-order valence-electron chi connectivity index (χ2n) is 6.94. The second kappa shape index (κ2) is 9.32. The average Bonchev–Trinajstić information content (AvgIpc) is 2.75. The monoisotopic (exact) mass is 456 g/mol. The van der Waals surface area contributed by atoms with Crippen molar-refractivity contribution >= 4 is 44.7 Å². The zero-order valence-corrected chi connectivity index (χ0v) is 18.6. The van der Waals surface area contributed by atoms with E-state index in [0.717, 1.165) is 9.87 Å². The number of nitrogens with zero attached hydrogens (tertiary/aromatic N) is 1. The number of ketones is 1. The lowest BCUT2D eigenvalue weighted by Crippen LogP contribution is -2.38. The number of Topliss-reactive ketones (excluding diaryl/α,β-unsaturated/α-hetero) is 1. The summed E-state index contributed by atoms with van der Waals surface area (Å²) >= 11 is 6.21. The Kier molecular flexibility index (Phi) is 6.77. The number of hydrogen-bond donors (Lipinski definition) is 1. The van der Waals surface area contributed by atoms with Crippen molar-refractivity contribution in [2.75, 3.05) is 16.2 Å². The van der Waals surface area contributed by atoms with Gasteiger partial charge < -0.3 is 5.32 Å². The summed E-state index contributed by atoms with van der Waals surface area (Å²) in [4.78, 5) is 24.4. The number of benzene rings is 3. The largest absolute Gasteiger partial charge is 0.324 e. The average molecular weight is 457 g/mol. The number of sulfonamides is 1. The highest BCUT2D eigenvalue weighted by atomic mass is 35.5. The van der Waals surface area contributed by atoms with Gasteiger partial charge in [-0.15, -0.1) is 0 Å². The van der Waals surface area contributed by atoms with E-state index in [9.17, 15) is 18.0 Å². The van der Waals surface area contributed by atoms with Gasteiger partial charge in [0.05, 0.1) is 10.6 Å². The van der Waals surface area contributed by atoms with Crippen LogP contribution in [0.15, 0.2) is 77.7 Å². The topological polar surface area (TPSA) is 83.6 Å². The Bertz CT molecular complexity index is 1230. The SMILES string of the molecule is CC(=O)c1cccc(NC(=O)CN(c2ccc(C)c(Cl)c2)S(=O)(=O)c2ccccc2)c1. The van der Waals surface area contributed by atoms with E-state index < -0.39 is 22.5 Å². The van der Waals surface area contributed by atoms with Crippen LogP contribution in [0.2, 0.25) is 5.02 Å². The molecular weight excluding hydrogens is 436 g/mol. The number of carbonyl (C=O) groups excluding carboxylic acids is 2. The third kappa shape index (κ3) is 5.31. The van der Waals surface area contributed by atoms with E-state index in [1.165, 1.54) is 25.1 Å². The van der Waals surface area contributed by atoms with Crippen LogP contribution >= 0.6 is 11.6 Å². The van der Waals surface area contributed by atoms with Gasteiger partial charge in [0.2, 0.25) is 5.91 Å². The molecular formula is C23H21ClN2O4S. The van der Waals surface area contributed by atoms with Gasteiger partial charge in [0.25, 0.3) is 10.0 Å². The van der Waals surface area contributed by atoms with Gasteiger partial charge >= 0.3 is 0 Å². The van der Waals surface area contributed by atoms with Gasteiger partial charge in [0, 0.05) is 16.3 Å². The van der Waals surface area contributed by atoms with Gasteiger partial charge in [-0.3, -0.25) is 13.9 Å². The summed E-state index contributed by atoms with van der Waals surface area (Å²) in [6.07, 6.45) is 0. The fourth-order valence-corrected chi connectivity index (χ4v) is 4.53. The van der Waals surface area contributed by atoms with Crippen LogP contribution in [0.1, 0.15) is 22.8 Å². The van der Waals surface area contributed by atoms with Crippen LogP contribution in [-0.4, -0.2) is 26.7 Å². The molecule has 1 N–H and O–H groups in total. The molecule has 0 fully saturated rings. The van der Waals surface area contributed by atoms with Crippen molar-refractivity contribution in [1.82, 2.24) is 0 Å². The van der Waals surface area contributed by atoms with Gasteiger partial charge in [0.1, 0.15) is 6.54 Å². The standard InChI is InChI=1S/C23H21ClN2O4S/c1-16-11-12-20(14-22(16)24)26(31(29,30)21-9-4-3-5-10-21)15-23(28)25-19-8-6-7-18(13-19)17(2)27/h3-14H,15H2,1-2H3,(H,25,28). The van der Waals surface area contributed by atoms with Gasteiger partial charge in [0.15, 0.2) is 5.78 Å². The normalized spacial score (nSPS) is 11.1. The molecule has 6 nitrogen and oxygen atoms in total. The van der Waals surface area contributed by atoms with Crippen LogP contribution < -0.4 is 9.62 Å². The summed E-state index contributed by atoms with van der Waals surface area (Å²) in [5.74, 6) is -0.699. The molecule has 0 aromatic heterocycles. The van der Waals surface area contributed by atoms with Crippen molar-refractivity contribution in [1.29, 1.82) is 0 Å². The Balaban J connectivity index is 1.95. The first-order chi connectivity index (χ1) is 14.7. The summed E-state index contributed by atoms with van der Waals surface area (Å²) in [6, 6.07) is 19.1. The Labute approximate surface area is 186 Å². The minimum atomic E-state index is -4.03. The Morgan fingerprint density at radius 2 is 1.68 bits per heavy atom. The molecule has 1 amide bonds. The molecule has 3 aromatic rings. The first kappa shape index (κ1) is 22.5. The maximum Gasteiger partial charge on any atom is 0.264 e. The molecule has 31 heavy (non-hydrogen) atoms. The van der Waals surface area contributed by atoms with Crippen molar-refractivity contribution in [2.45, 2.75) is 18.7 Å². The minimum absolute atomic E-state index is 0.0538. The second-order valence-corrected chi connectivity index (χ2v) is 9.21. The van der Waals surface area contributed by atoms with E-state index in [0.29, 0.717) is 16.3 Å². The summed E-state index contributed by atoms with van der Waals surface area (Å²) in [6.45, 7) is 2.76. The summed E-state index contributed by atoms with van der Waals surface area (Å²) < 4.78 is 27.6. The highest BCUT2D eigenvalue weighted by Crippen LogP contribution is 2.28. The van der Waals surface area contributed by atoms with Crippen LogP contribution in [-0.2, 0) is 14.8 Å². The molecule has 0 bridgehead atoms. The number of hydrogen-bond acceptors (Lipinski definition) is 4. The predicted octanol–water partition coefficient (Wildman–Crippen LogP) is 4.69. The lowest BCUT2D eigenvalue weighted by Gasteiger charge is -2.24. The quantitative estimate of drug-likeness (QED) is 0.523. The van der Waals surface area contributed by atoms with Gasteiger partial charge in [-0.05, 0) is 55.8 Å². The number of carbonyl (C=O) groups is 2. The maximum absolute atomic E-state index is 13.3. The van der Waals surface area contributed by atoms with Crippen molar-refractivity contribution in [3.8, 4) is 0 Å². The zero-order chi connectivity index (χ0) is 22.6. The molecule has 0 heterocycles. The highest BCUT2D eigenvalue weighted by molar-refractivity contribution is 7.92. The van der Waals surface area contributed by atoms with Crippen LogP contribution in [0, 0.1) is 6.92 Å². The maximum atomic E-state index is 13.3. The molecule has 0 aliphatic heterocycles. The molecule has 8 heteroatoms. The molecule has 3 aromatic carbocycles. The lowest BCUT2D eigenvalue weighted by molar-refractivity contribution is -0.114. The highest BCUT2D eigenvalue weighted by Gasteiger charge is 2.27. The molecule has 0 saturated heterocycles. The minimum Gasteiger partial charge on any atom is -0.324 e. The third-order valence-corrected chi connectivity index (χ3v) is 6.81. The Hall–Kier alpha value is -3.16. The first-order valence-electron chi connectivity index (χ1n) is 9.43. The lowest BCUT2D eigenvalue weighted by atomic mass is 10.1. The van der Waals surface area contributed by atoms with Crippen LogP contribution in [0.25, 0.3) is 0 Å². The van der Waals surface area contributed by atoms with Crippen molar-refractivity contribution < 1.29 is 18.0 Å². The van der Waals surface area contributed by atoms with E-state index in [1.807, 2.05) is 0 Å². The van der Waals surface area contributed by atoms with Gasteiger partial charge in [-0.1, -0.05) is 48.0 Å². The van der Waals surface area contributed by atoms with E-state index in [1.54, 1.807) is 61.5 Å². The number of rotatable bonds is 7. The van der Waals surface area contributed by atoms with E-state index >= 15 is 0 Å². The van der Waals surface area contributed by atoms with Crippen molar-refractivity contribution in [2.24, 2.45) is 0 Å².